The van der Waals surface area contributed by atoms with Crippen LogP contribution in [0, 0.1) is 0 Å². The Labute approximate surface area is 145 Å². The molecule has 0 fully saturated rings. The quantitative estimate of drug-likeness (QED) is 0.762. The molecular weight excluding hydrogens is 314 g/mol. The highest BCUT2D eigenvalue weighted by Crippen LogP contribution is 2.17. The molecule has 5 nitrogen and oxygen atoms in total. The number of H-pyrrole nitrogens is 1. The van der Waals surface area contributed by atoms with E-state index in [2.05, 4.69) is 29.1 Å². The Morgan fingerprint density at radius 1 is 1.04 bits per heavy atom. The van der Waals surface area contributed by atoms with Crippen LogP contribution in [0.5, 0.6) is 0 Å². The first-order valence-electron chi connectivity index (χ1n) is 8.10. The fraction of sp³-hybridized carbons (Fsp3) is 0.150. The van der Waals surface area contributed by atoms with Gasteiger partial charge in [0.25, 0.3) is 11.5 Å². The van der Waals surface area contributed by atoms with Crippen LogP contribution in [0.3, 0.4) is 0 Å². The van der Waals surface area contributed by atoms with Crippen molar-refractivity contribution in [3.63, 3.8) is 0 Å². The SMILES string of the molecule is CC(C)c1ccc(NC(=O)c2cnc(-c3ccccc3)[nH]c2=O)cc1. The number of amides is 1. The molecular formula is C20H19N3O2. The smallest absolute Gasteiger partial charge is 0.264 e. The van der Waals surface area contributed by atoms with E-state index in [1.165, 1.54) is 11.8 Å². The Kier molecular flexibility index (Phi) is 4.75. The highest BCUT2D eigenvalue weighted by atomic mass is 16.2. The van der Waals surface area contributed by atoms with E-state index in [0.29, 0.717) is 17.4 Å². The molecule has 0 saturated heterocycles. The monoisotopic (exact) mass is 333 g/mol. The molecule has 3 rings (SSSR count). The van der Waals surface area contributed by atoms with Gasteiger partial charge in [0.05, 0.1) is 0 Å². The largest absolute Gasteiger partial charge is 0.322 e. The molecule has 0 radical (unpaired) electrons. The highest BCUT2D eigenvalue weighted by Gasteiger charge is 2.13. The molecule has 0 aliphatic heterocycles. The number of benzene rings is 2. The lowest BCUT2D eigenvalue weighted by molar-refractivity contribution is 0.102. The second-order valence-corrected chi connectivity index (χ2v) is 6.07. The van der Waals surface area contributed by atoms with Crippen molar-refractivity contribution >= 4 is 11.6 Å². The van der Waals surface area contributed by atoms with Crippen LogP contribution in [-0.4, -0.2) is 15.9 Å². The molecule has 0 spiro atoms. The van der Waals surface area contributed by atoms with E-state index in [0.717, 1.165) is 5.56 Å². The standard InChI is InChI=1S/C20H19N3O2/c1-13(2)14-8-10-16(11-9-14)22-19(24)17-12-21-18(23-20(17)25)15-6-4-3-5-7-15/h3-13H,1-2H3,(H,22,24)(H,21,23,25). The van der Waals surface area contributed by atoms with Gasteiger partial charge in [0, 0.05) is 17.4 Å². The number of hydrogen-bond donors (Lipinski definition) is 2. The van der Waals surface area contributed by atoms with Gasteiger partial charge in [0.2, 0.25) is 0 Å². The number of hydrogen-bond acceptors (Lipinski definition) is 3. The molecule has 1 amide bonds. The van der Waals surface area contributed by atoms with Crippen LogP contribution in [0.25, 0.3) is 11.4 Å². The molecule has 0 saturated carbocycles. The first kappa shape index (κ1) is 16.6. The topological polar surface area (TPSA) is 74.8 Å². The third-order valence-corrected chi connectivity index (χ3v) is 3.93. The lowest BCUT2D eigenvalue weighted by Gasteiger charge is -2.08. The highest BCUT2D eigenvalue weighted by molar-refractivity contribution is 6.03. The molecule has 1 aromatic heterocycles. The molecule has 0 bridgehead atoms. The molecule has 25 heavy (non-hydrogen) atoms. The van der Waals surface area contributed by atoms with Crippen molar-refractivity contribution in [2.24, 2.45) is 0 Å². The van der Waals surface area contributed by atoms with Crippen LogP contribution < -0.4 is 10.9 Å². The summed E-state index contributed by atoms with van der Waals surface area (Å²) in [5.74, 6) is 0.372. The molecule has 2 aromatic carbocycles. The van der Waals surface area contributed by atoms with E-state index in [9.17, 15) is 9.59 Å². The second-order valence-electron chi connectivity index (χ2n) is 6.07. The summed E-state index contributed by atoms with van der Waals surface area (Å²) in [7, 11) is 0. The number of carbonyl (C=O) groups is 1. The van der Waals surface area contributed by atoms with Crippen LogP contribution >= 0.6 is 0 Å². The first-order valence-corrected chi connectivity index (χ1v) is 8.10. The number of anilines is 1. The van der Waals surface area contributed by atoms with E-state index in [4.69, 9.17) is 0 Å². The van der Waals surface area contributed by atoms with Crippen molar-refractivity contribution < 1.29 is 4.79 Å². The van der Waals surface area contributed by atoms with Crippen LogP contribution in [-0.2, 0) is 0 Å². The third-order valence-electron chi connectivity index (χ3n) is 3.93. The number of nitrogens with one attached hydrogen (secondary N) is 2. The van der Waals surface area contributed by atoms with E-state index in [-0.39, 0.29) is 5.56 Å². The molecule has 0 aliphatic carbocycles. The molecule has 3 aromatic rings. The summed E-state index contributed by atoms with van der Waals surface area (Å²) in [5, 5.41) is 2.73. The van der Waals surface area contributed by atoms with Gasteiger partial charge in [-0.05, 0) is 23.6 Å². The zero-order valence-electron chi connectivity index (χ0n) is 14.1. The minimum atomic E-state index is -0.481. The van der Waals surface area contributed by atoms with E-state index < -0.39 is 11.5 Å². The summed E-state index contributed by atoms with van der Waals surface area (Å²) in [5.41, 5.74) is 2.12. The zero-order valence-corrected chi connectivity index (χ0v) is 14.1. The molecule has 0 aliphatic rings. The summed E-state index contributed by atoms with van der Waals surface area (Å²) in [6, 6.07) is 16.9. The number of carbonyl (C=O) groups excluding carboxylic acids is 1. The summed E-state index contributed by atoms with van der Waals surface area (Å²) in [6.07, 6.45) is 1.30. The first-order chi connectivity index (χ1) is 12.0. The predicted octanol–water partition coefficient (Wildman–Crippen LogP) is 3.81. The second kappa shape index (κ2) is 7.13. The van der Waals surface area contributed by atoms with E-state index >= 15 is 0 Å². The van der Waals surface area contributed by atoms with Gasteiger partial charge in [-0.1, -0.05) is 56.3 Å². The number of aromatic amines is 1. The van der Waals surface area contributed by atoms with Gasteiger partial charge in [-0.15, -0.1) is 0 Å². The Hall–Kier alpha value is -3.21. The van der Waals surface area contributed by atoms with Gasteiger partial charge in [0.15, 0.2) is 0 Å². The van der Waals surface area contributed by atoms with Crippen molar-refractivity contribution in [3.05, 3.63) is 82.3 Å². The van der Waals surface area contributed by atoms with Gasteiger partial charge in [0.1, 0.15) is 11.4 Å². The van der Waals surface area contributed by atoms with Gasteiger partial charge in [-0.25, -0.2) is 4.98 Å². The molecule has 5 heteroatoms. The summed E-state index contributed by atoms with van der Waals surface area (Å²) < 4.78 is 0. The zero-order chi connectivity index (χ0) is 17.8. The van der Waals surface area contributed by atoms with Gasteiger partial charge >= 0.3 is 0 Å². The number of rotatable bonds is 4. The maximum absolute atomic E-state index is 12.3. The molecule has 1 heterocycles. The fourth-order valence-electron chi connectivity index (χ4n) is 2.45. The molecule has 0 atom stereocenters. The Bertz CT molecular complexity index is 929. The fourth-order valence-corrected chi connectivity index (χ4v) is 2.45. The van der Waals surface area contributed by atoms with Crippen LogP contribution in [0.2, 0.25) is 0 Å². The minimum absolute atomic E-state index is 0.0207. The molecule has 126 valence electrons. The van der Waals surface area contributed by atoms with Crippen molar-refractivity contribution in [3.8, 4) is 11.4 Å². The minimum Gasteiger partial charge on any atom is -0.322 e. The Balaban J connectivity index is 1.79. The average molecular weight is 333 g/mol. The maximum Gasteiger partial charge on any atom is 0.264 e. The summed E-state index contributed by atoms with van der Waals surface area (Å²) >= 11 is 0. The Morgan fingerprint density at radius 3 is 2.32 bits per heavy atom. The maximum atomic E-state index is 12.3. The van der Waals surface area contributed by atoms with Gasteiger partial charge in [-0.2, -0.15) is 0 Å². The van der Waals surface area contributed by atoms with E-state index in [1.807, 2.05) is 54.6 Å². The van der Waals surface area contributed by atoms with Gasteiger partial charge in [-0.3, -0.25) is 9.59 Å². The van der Waals surface area contributed by atoms with Crippen LogP contribution in [0.1, 0.15) is 35.7 Å². The normalized spacial score (nSPS) is 10.7. The van der Waals surface area contributed by atoms with Crippen LogP contribution in [0.15, 0.2) is 65.6 Å². The summed E-state index contributed by atoms with van der Waals surface area (Å²) in [4.78, 5) is 31.4. The van der Waals surface area contributed by atoms with Crippen molar-refractivity contribution in [2.45, 2.75) is 19.8 Å². The Morgan fingerprint density at radius 2 is 1.72 bits per heavy atom. The van der Waals surface area contributed by atoms with Gasteiger partial charge < -0.3 is 10.3 Å². The lowest BCUT2D eigenvalue weighted by atomic mass is 10.0. The summed E-state index contributed by atoms with van der Waals surface area (Å²) in [6.45, 7) is 4.21. The van der Waals surface area contributed by atoms with E-state index in [1.54, 1.807) is 0 Å². The van der Waals surface area contributed by atoms with Crippen molar-refractivity contribution in [2.75, 3.05) is 5.32 Å². The lowest BCUT2D eigenvalue weighted by Crippen LogP contribution is -2.24. The van der Waals surface area contributed by atoms with Crippen molar-refractivity contribution in [1.82, 2.24) is 9.97 Å². The molecule has 2 N–H and O–H groups in total. The number of nitrogens with zero attached hydrogens (tertiary/aromatic N) is 1. The number of aromatic nitrogens is 2. The molecule has 0 unspecified atom stereocenters. The third kappa shape index (κ3) is 3.83. The predicted molar refractivity (Wildman–Crippen MR) is 98.8 cm³/mol. The van der Waals surface area contributed by atoms with Crippen molar-refractivity contribution in [1.29, 1.82) is 0 Å². The average Bonchev–Trinajstić information content (AvgIpc) is 2.62. The van der Waals surface area contributed by atoms with Crippen LogP contribution in [0.4, 0.5) is 5.69 Å².